The van der Waals surface area contributed by atoms with E-state index < -0.39 is 11.9 Å². The van der Waals surface area contributed by atoms with Gasteiger partial charge in [-0.2, -0.15) is 4.99 Å². The molecule has 15 heteroatoms. The van der Waals surface area contributed by atoms with Crippen LogP contribution in [0.2, 0.25) is 5.15 Å². The summed E-state index contributed by atoms with van der Waals surface area (Å²) in [7, 11) is 3.01. The number of nitrogens with zero attached hydrogens (tertiary/aromatic N) is 6. The van der Waals surface area contributed by atoms with Gasteiger partial charge in [0.25, 0.3) is 5.56 Å². The van der Waals surface area contributed by atoms with Gasteiger partial charge in [-0.1, -0.05) is 11.6 Å². The van der Waals surface area contributed by atoms with Crippen molar-refractivity contribution in [3.05, 3.63) is 33.3 Å². The van der Waals surface area contributed by atoms with Crippen LogP contribution in [0, 0.1) is 0 Å². The minimum Gasteiger partial charge on any atom is -0.493 e. The molecule has 4 rings (SSSR count). The third-order valence-electron chi connectivity index (χ3n) is 5.37. The number of carbonyl (C=O) groups excluding carboxylic acids is 1. The molecule has 1 aromatic carbocycles. The number of hydrogen-bond acceptors (Lipinski definition) is 10. The number of nitrogen functional groups attached to an aromatic ring is 1. The molecule has 35 heavy (non-hydrogen) atoms. The summed E-state index contributed by atoms with van der Waals surface area (Å²) in [5, 5.41) is 0.373. The molecule has 0 aliphatic carbocycles. The summed E-state index contributed by atoms with van der Waals surface area (Å²) in [6.45, 7) is 1.94. The fraction of sp³-hybridized carbons (Fsp3) is 0.300. The molecule has 14 nitrogen and oxygen atoms in total. The number of fused-ring (bicyclic) bond motifs is 1. The lowest BCUT2D eigenvalue weighted by Gasteiger charge is -2.35. The predicted octanol–water partition coefficient (Wildman–Crippen LogP) is -0.294. The Labute approximate surface area is 203 Å². The average molecular weight is 503 g/mol. The summed E-state index contributed by atoms with van der Waals surface area (Å²) >= 11 is 6.28. The number of guanidine groups is 1. The van der Waals surface area contributed by atoms with Crippen LogP contribution in [0.15, 0.2) is 21.9 Å². The lowest BCUT2D eigenvalue weighted by Crippen LogP contribution is -2.48. The normalized spacial score (nSPS) is 13.6. The van der Waals surface area contributed by atoms with Crippen LogP contribution < -0.4 is 42.0 Å². The van der Waals surface area contributed by atoms with Gasteiger partial charge in [0.05, 0.1) is 25.1 Å². The number of anilines is 3. The highest BCUT2D eigenvalue weighted by molar-refractivity contribution is 6.32. The van der Waals surface area contributed by atoms with Crippen LogP contribution in [0.4, 0.5) is 17.6 Å². The van der Waals surface area contributed by atoms with Crippen molar-refractivity contribution in [2.24, 2.45) is 16.5 Å². The van der Waals surface area contributed by atoms with E-state index in [1.165, 1.54) is 14.2 Å². The van der Waals surface area contributed by atoms with Crippen molar-refractivity contribution in [1.29, 1.82) is 0 Å². The molecule has 1 fully saturated rings. The Balaban J connectivity index is 1.55. The number of aromatic amines is 1. The van der Waals surface area contributed by atoms with E-state index in [1.54, 1.807) is 12.1 Å². The Hall–Kier alpha value is -4.33. The number of nitrogens with two attached hydrogens (primary N) is 3. The second-order valence-corrected chi connectivity index (χ2v) is 7.86. The fourth-order valence-electron chi connectivity index (χ4n) is 3.68. The van der Waals surface area contributed by atoms with Crippen LogP contribution in [0.5, 0.6) is 11.5 Å². The Morgan fingerprint density at radius 2 is 1.69 bits per heavy atom. The van der Waals surface area contributed by atoms with Crippen LogP contribution in [0.3, 0.4) is 0 Å². The molecule has 2 aromatic heterocycles. The number of hydrogen-bond donors (Lipinski definition) is 4. The molecule has 7 N–H and O–H groups in total. The minimum absolute atomic E-state index is 0.0138. The number of benzene rings is 1. The van der Waals surface area contributed by atoms with Crippen molar-refractivity contribution in [2.75, 3.05) is 55.9 Å². The van der Waals surface area contributed by atoms with Crippen LogP contribution in [0.1, 0.15) is 10.5 Å². The van der Waals surface area contributed by atoms with Gasteiger partial charge in [0, 0.05) is 32.2 Å². The molecule has 184 valence electrons. The van der Waals surface area contributed by atoms with Gasteiger partial charge >= 0.3 is 5.91 Å². The third kappa shape index (κ3) is 4.68. The summed E-state index contributed by atoms with van der Waals surface area (Å²) in [6, 6.07) is 3.25. The number of H-pyrrole nitrogens is 1. The zero-order valence-electron chi connectivity index (χ0n) is 18.9. The number of aliphatic imine (C=N–C) groups is 1. The van der Waals surface area contributed by atoms with E-state index in [1.807, 2.05) is 9.80 Å². The van der Waals surface area contributed by atoms with Crippen LogP contribution in [-0.2, 0) is 0 Å². The SMILES string of the molecule is COc1cc2nc(N3CCN(c4nc(N)c(C(=O)N=C(N)N)nc4Cl)CC3)[nH]c(=O)c2cc1OC. The molecule has 1 aliphatic heterocycles. The van der Waals surface area contributed by atoms with Gasteiger partial charge < -0.3 is 36.5 Å². The highest BCUT2D eigenvalue weighted by atomic mass is 35.5. The Morgan fingerprint density at radius 1 is 1.06 bits per heavy atom. The van der Waals surface area contributed by atoms with E-state index in [0.717, 1.165) is 0 Å². The van der Waals surface area contributed by atoms with Crippen molar-refractivity contribution in [1.82, 2.24) is 19.9 Å². The van der Waals surface area contributed by atoms with Crippen molar-refractivity contribution in [3.63, 3.8) is 0 Å². The monoisotopic (exact) mass is 502 g/mol. The zero-order valence-corrected chi connectivity index (χ0v) is 19.7. The molecule has 3 heterocycles. The number of nitrogens with one attached hydrogen (secondary N) is 1. The van der Waals surface area contributed by atoms with E-state index in [9.17, 15) is 9.59 Å². The number of ether oxygens (including phenoxy) is 2. The Bertz CT molecular complexity index is 1380. The van der Waals surface area contributed by atoms with E-state index in [2.05, 4.69) is 24.9 Å². The first-order chi connectivity index (χ1) is 16.7. The van der Waals surface area contributed by atoms with Crippen LogP contribution in [-0.4, -0.2) is 72.2 Å². The van der Waals surface area contributed by atoms with Crippen LogP contribution >= 0.6 is 11.6 Å². The molecule has 0 saturated carbocycles. The number of methoxy groups -OCH3 is 2. The summed E-state index contributed by atoms with van der Waals surface area (Å²) in [6.07, 6.45) is 0. The minimum atomic E-state index is -0.839. The molecule has 0 spiro atoms. The predicted molar refractivity (Wildman–Crippen MR) is 131 cm³/mol. The summed E-state index contributed by atoms with van der Waals surface area (Å²) < 4.78 is 10.6. The highest BCUT2D eigenvalue weighted by Gasteiger charge is 2.25. The molecule has 0 atom stereocenters. The van der Waals surface area contributed by atoms with E-state index in [0.29, 0.717) is 60.3 Å². The maximum Gasteiger partial charge on any atom is 0.302 e. The first-order valence-corrected chi connectivity index (χ1v) is 10.7. The van der Waals surface area contributed by atoms with E-state index in [-0.39, 0.29) is 22.2 Å². The second kappa shape index (κ2) is 9.50. The topological polar surface area (TPSA) is 204 Å². The maximum absolute atomic E-state index is 12.7. The average Bonchev–Trinajstić information content (AvgIpc) is 2.84. The Morgan fingerprint density at radius 3 is 2.31 bits per heavy atom. The molecule has 0 radical (unpaired) electrons. The molecule has 0 unspecified atom stereocenters. The fourth-order valence-corrected chi connectivity index (χ4v) is 3.93. The highest BCUT2D eigenvalue weighted by Crippen LogP contribution is 2.31. The van der Waals surface area contributed by atoms with Gasteiger partial charge in [-0.25, -0.2) is 15.0 Å². The molecule has 0 bridgehead atoms. The van der Waals surface area contributed by atoms with Crippen molar-refractivity contribution in [2.45, 2.75) is 0 Å². The number of amides is 1. The molecular weight excluding hydrogens is 480 g/mol. The Kier molecular flexibility index (Phi) is 6.46. The molecule has 1 saturated heterocycles. The van der Waals surface area contributed by atoms with E-state index >= 15 is 0 Å². The van der Waals surface area contributed by atoms with E-state index in [4.69, 9.17) is 38.3 Å². The van der Waals surface area contributed by atoms with Gasteiger partial charge in [-0.15, -0.1) is 0 Å². The summed E-state index contributed by atoms with van der Waals surface area (Å²) in [5.41, 5.74) is 16.3. The number of piperazine rings is 1. The van der Waals surface area contributed by atoms with Gasteiger partial charge in [0.2, 0.25) is 5.95 Å². The molecule has 1 aliphatic rings. The lowest BCUT2D eigenvalue weighted by atomic mass is 10.2. The van der Waals surface area contributed by atoms with Gasteiger partial charge in [0.15, 0.2) is 39.9 Å². The largest absolute Gasteiger partial charge is 0.493 e. The third-order valence-corrected chi connectivity index (χ3v) is 5.63. The number of rotatable bonds is 5. The molecular formula is C20H23ClN10O4. The lowest BCUT2D eigenvalue weighted by molar-refractivity contribution is 0.0998. The number of aromatic nitrogens is 4. The number of carbonyl (C=O) groups is 1. The van der Waals surface area contributed by atoms with Gasteiger partial charge in [0.1, 0.15) is 0 Å². The van der Waals surface area contributed by atoms with Gasteiger partial charge in [-0.3, -0.25) is 14.6 Å². The first kappa shape index (κ1) is 23.8. The second-order valence-electron chi connectivity index (χ2n) is 7.50. The molecule has 1 amide bonds. The van der Waals surface area contributed by atoms with Crippen molar-refractivity contribution in [3.8, 4) is 11.5 Å². The quantitative estimate of drug-likeness (QED) is 0.262. The van der Waals surface area contributed by atoms with Crippen LogP contribution in [0.25, 0.3) is 10.9 Å². The van der Waals surface area contributed by atoms with Gasteiger partial charge in [-0.05, 0) is 6.07 Å². The summed E-state index contributed by atoms with van der Waals surface area (Å²) in [5.74, 6) is 0.246. The maximum atomic E-state index is 12.7. The van der Waals surface area contributed by atoms with Crippen molar-refractivity contribution >= 4 is 52.0 Å². The zero-order chi connectivity index (χ0) is 25.3. The van der Waals surface area contributed by atoms with Crippen molar-refractivity contribution < 1.29 is 14.3 Å². The first-order valence-electron chi connectivity index (χ1n) is 10.3. The molecule has 3 aromatic rings. The summed E-state index contributed by atoms with van der Waals surface area (Å²) in [4.78, 5) is 47.6. The number of halogens is 1. The standard InChI is InChI=1S/C20H23ClN10O4/c1-34-11-7-9-10(8-12(11)35-2)25-20(29-17(9)32)31-5-3-30(4-6-31)16-14(21)26-13(15(22)27-16)18(33)28-19(23)24/h7-8H,3-6H2,1-2H3,(H2,22,27)(H,25,29,32)(H4,23,24,28,33). The smallest absolute Gasteiger partial charge is 0.302 e.